The normalized spacial score (nSPS) is 13.1. The fourth-order valence-corrected chi connectivity index (χ4v) is 3.37. The van der Waals surface area contributed by atoms with Crippen molar-refractivity contribution in [3.63, 3.8) is 0 Å². The van der Waals surface area contributed by atoms with Gasteiger partial charge in [0.1, 0.15) is 0 Å². The molecule has 2 aromatic carbocycles. The lowest BCUT2D eigenvalue weighted by Crippen LogP contribution is -2.35. The van der Waals surface area contributed by atoms with Crippen LogP contribution in [0.25, 0.3) is 0 Å². The van der Waals surface area contributed by atoms with Crippen LogP contribution in [0.5, 0.6) is 11.5 Å². The highest BCUT2D eigenvalue weighted by molar-refractivity contribution is 7.99. The molecule has 7 heteroatoms. The van der Waals surface area contributed by atoms with E-state index < -0.39 is 12.1 Å². The van der Waals surface area contributed by atoms with Gasteiger partial charge in [-0.3, -0.25) is 4.79 Å². The van der Waals surface area contributed by atoms with E-state index in [0.29, 0.717) is 23.6 Å². The number of amides is 1. The van der Waals surface area contributed by atoms with Crippen LogP contribution in [0.2, 0.25) is 0 Å². The maximum atomic E-state index is 12.4. The molecule has 3 rings (SSSR count). The molecule has 1 N–H and O–H groups in total. The van der Waals surface area contributed by atoms with Crippen LogP contribution in [-0.2, 0) is 16.1 Å². The zero-order valence-corrected chi connectivity index (χ0v) is 16.0. The van der Waals surface area contributed by atoms with Crippen molar-refractivity contribution in [3.8, 4) is 11.5 Å². The molecule has 0 unspecified atom stereocenters. The predicted octanol–water partition coefficient (Wildman–Crippen LogP) is 3.39. The minimum Gasteiger partial charge on any atom is -0.454 e. The summed E-state index contributed by atoms with van der Waals surface area (Å²) in [5.74, 6) is 1.33. The Bertz CT molecular complexity index is 839. The Morgan fingerprint density at radius 1 is 1.19 bits per heavy atom. The summed E-state index contributed by atoms with van der Waals surface area (Å²) in [6.07, 6.45) is -0.897. The summed E-state index contributed by atoms with van der Waals surface area (Å²) in [4.78, 5) is 25.5. The first-order chi connectivity index (χ1) is 13.1. The summed E-state index contributed by atoms with van der Waals surface area (Å²) < 4.78 is 15.9. The van der Waals surface area contributed by atoms with Crippen molar-refractivity contribution in [3.05, 3.63) is 53.6 Å². The van der Waals surface area contributed by atoms with E-state index in [1.807, 2.05) is 31.2 Å². The average Bonchev–Trinajstić information content (AvgIpc) is 3.14. The van der Waals surface area contributed by atoms with Gasteiger partial charge in [-0.15, -0.1) is 11.8 Å². The number of esters is 1. The SMILES string of the molecule is CCSc1ccccc1C(=O)O[C@@H](C)C(=O)NCc1ccc2c(c1)OCO2. The summed E-state index contributed by atoms with van der Waals surface area (Å²) >= 11 is 1.56. The van der Waals surface area contributed by atoms with Crippen LogP contribution in [0.3, 0.4) is 0 Å². The lowest BCUT2D eigenvalue weighted by atomic mass is 10.2. The van der Waals surface area contributed by atoms with Crippen LogP contribution in [-0.4, -0.2) is 30.5 Å². The van der Waals surface area contributed by atoms with Gasteiger partial charge in [0.25, 0.3) is 5.91 Å². The fraction of sp³-hybridized carbons (Fsp3) is 0.300. The topological polar surface area (TPSA) is 73.9 Å². The lowest BCUT2D eigenvalue weighted by Gasteiger charge is -2.15. The van der Waals surface area contributed by atoms with Crippen molar-refractivity contribution < 1.29 is 23.8 Å². The molecule has 0 aromatic heterocycles. The van der Waals surface area contributed by atoms with E-state index in [2.05, 4.69) is 5.32 Å². The zero-order valence-electron chi connectivity index (χ0n) is 15.2. The highest BCUT2D eigenvalue weighted by atomic mass is 32.2. The Morgan fingerprint density at radius 3 is 2.78 bits per heavy atom. The third-order valence-electron chi connectivity index (χ3n) is 3.96. The Labute approximate surface area is 162 Å². The summed E-state index contributed by atoms with van der Waals surface area (Å²) in [5.41, 5.74) is 1.34. The molecule has 2 aromatic rings. The molecular formula is C20H21NO5S. The van der Waals surface area contributed by atoms with Gasteiger partial charge in [-0.25, -0.2) is 4.79 Å². The molecule has 0 spiro atoms. The van der Waals surface area contributed by atoms with E-state index in [9.17, 15) is 9.59 Å². The number of carbonyl (C=O) groups is 2. The maximum Gasteiger partial charge on any atom is 0.340 e. The quantitative estimate of drug-likeness (QED) is 0.580. The molecule has 0 bridgehead atoms. The van der Waals surface area contributed by atoms with Crippen molar-refractivity contribution in [2.24, 2.45) is 0 Å². The number of hydrogen-bond donors (Lipinski definition) is 1. The molecule has 0 aliphatic carbocycles. The predicted molar refractivity (Wildman–Crippen MR) is 102 cm³/mol. The number of ether oxygens (including phenoxy) is 3. The maximum absolute atomic E-state index is 12.4. The molecule has 1 amide bonds. The highest BCUT2D eigenvalue weighted by Gasteiger charge is 2.21. The second-order valence-corrected chi connectivity index (χ2v) is 7.19. The van der Waals surface area contributed by atoms with E-state index >= 15 is 0 Å². The number of hydrogen-bond acceptors (Lipinski definition) is 6. The van der Waals surface area contributed by atoms with Gasteiger partial charge in [-0.1, -0.05) is 25.1 Å². The summed E-state index contributed by atoms with van der Waals surface area (Å²) in [7, 11) is 0. The van der Waals surface area contributed by atoms with Crippen LogP contribution >= 0.6 is 11.8 Å². The van der Waals surface area contributed by atoms with E-state index in [1.165, 1.54) is 0 Å². The summed E-state index contributed by atoms with van der Waals surface area (Å²) in [6, 6.07) is 12.7. The molecule has 0 saturated carbocycles. The molecule has 0 saturated heterocycles. The summed E-state index contributed by atoms with van der Waals surface area (Å²) in [6.45, 7) is 4.08. The van der Waals surface area contributed by atoms with Crippen LogP contribution in [0.1, 0.15) is 29.8 Å². The number of nitrogens with one attached hydrogen (secondary N) is 1. The van der Waals surface area contributed by atoms with Crippen molar-refractivity contribution >= 4 is 23.6 Å². The van der Waals surface area contributed by atoms with Crippen molar-refractivity contribution in [2.75, 3.05) is 12.5 Å². The monoisotopic (exact) mass is 387 g/mol. The Morgan fingerprint density at radius 2 is 1.96 bits per heavy atom. The van der Waals surface area contributed by atoms with Gasteiger partial charge < -0.3 is 19.5 Å². The lowest BCUT2D eigenvalue weighted by molar-refractivity contribution is -0.129. The zero-order chi connectivity index (χ0) is 19.2. The molecule has 1 heterocycles. The molecule has 6 nitrogen and oxygen atoms in total. The molecule has 1 aliphatic rings. The molecule has 0 fully saturated rings. The second-order valence-electron chi connectivity index (χ2n) is 5.88. The average molecular weight is 387 g/mol. The minimum absolute atomic E-state index is 0.204. The van der Waals surface area contributed by atoms with Crippen molar-refractivity contribution in [1.82, 2.24) is 5.32 Å². The Balaban J connectivity index is 1.55. The van der Waals surface area contributed by atoms with Gasteiger partial charge in [0, 0.05) is 11.4 Å². The van der Waals surface area contributed by atoms with Crippen LogP contribution in [0, 0.1) is 0 Å². The number of carbonyl (C=O) groups excluding carboxylic acids is 2. The number of fused-ring (bicyclic) bond motifs is 1. The first-order valence-electron chi connectivity index (χ1n) is 8.67. The van der Waals surface area contributed by atoms with Crippen LogP contribution in [0.4, 0.5) is 0 Å². The van der Waals surface area contributed by atoms with Gasteiger partial charge in [0.15, 0.2) is 17.6 Å². The third-order valence-corrected chi connectivity index (χ3v) is 4.92. The minimum atomic E-state index is -0.897. The smallest absolute Gasteiger partial charge is 0.340 e. The van der Waals surface area contributed by atoms with Crippen molar-refractivity contribution in [1.29, 1.82) is 0 Å². The van der Waals surface area contributed by atoms with Gasteiger partial charge in [0.05, 0.1) is 5.56 Å². The molecule has 1 atom stereocenters. The number of benzene rings is 2. The second kappa shape index (κ2) is 8.81. The number of thioether (sulfide) groups is 1. The van der Waals surface area contributed by atoms with Gasteiger partial charge >= 0.3 is 5.97 Å². The van der Waals surface area contributed by atoms with Gasteiger partial charge in [-0.2, -0.15) is 0 Å². The van der Waals surface area contributed by atoms with E-state index in [-0.39, 0.29) is 12.7 Å². The highest BCUT2D eigenvalue weighted by Crippen LogP contribution is 2.32. The molecule has 27 heavy (non-hydrogen) atoms. The fourth-order valence-electron chi connectivity index (χ4n) is 2.58. The Hall–Kier alpha value is -2.67. The van der Waals surface area contributed by atoms with Gasteiger partial charge in [0.2, 0.25) is 6.79 Å². The first kappa shape index (κ1) is 19.1. The Kier molecular flexibility index (Phi) is 6.24. The largest absolute Gasteiger partial charge is 0.454 e. The molecular weight excluding hydrogens is 366 g/mol. The van der Waals surface area contributed by atoms with Crippen molar-refractivity contribution in [2.45, 2.75) is 31.4 Å². The molecule has 1 aliphatic heterocycles. The summed E-state index contributed by atoms with van der Waals surface area (Å²) in [5, 5.41) is 2.77. The van der Waals surface area contributed by atoms with E-state index in [4.69, 9.17) is 14.2 Å². The van der Waals surface area contributed by atoms with Gasteiger partial charge in [-0.05, 0) is 42.5 Å². The standard InChI is InChI=1S/C20H21NO5S/c1-3-27-18-7-5-4-6-15(18)20(23)26-13(2)19(22)21-11-14-8-9-16-17(10-14)25-12-24-16/h4-10,13H,3,11-12H2,1-2H3,(H,21,22)/t13-/m0/s1. The number of rotatable bonds is 7. The molecule has 142 valence electrons. The first-order valence-corrected chi connectivity index (χ1v) is 9.66. The third kappa shape index (κ3) is 4.74. The van der Waals surface area contributed by atoms with E-state index in [1.54, 1.807) is 36.9 Å². The molecule has 0 radical (unpaired) electrons. The van der Waals surface area contributed by atoms with E-state index in [0.717, 1.165) is 16.2 Å². The van der Waals surface area contributed by atoms with Crippen LogP contribution in [0.15, 0.2) is 47.4 Å². The van der Waals surface area contributed by atoms with Crippen LogP contribution < -0.4 is 14.8 Å².